The standard InChI is InChI=1S/C15H19NO2/c1-15(2)6-5-12-10(8-15)7-11(14(17)18)13(16-12)9-3-4-9/h7,9H,3-6,8H2,1-2H3,(H,17,18). The van der Waals surface area contributed by atoms with E-state index in [0.29, 0.717) is 11.5 Å². The fraction of sp³-hybridized carbons (Fsp3) is 0.600. The molecule has 0 amide bonds. The molecule has 1 heterocycles. The predicted octanol–water partition coefficient (Wildman–Crippen LogP) is 3.17. The number of aromatic nitrogens is 1. The molecule has 3 rings (SSSR count). The zero-order valence-electron chi connectivity index (χ0n) is 11.0. The van der Waals surface area contributed by atoms with Crippen LogP contribution in [-0.2, 0) is 12.8 Å². The summed E-state index contributed by atoms with van der Waals surface area (Å²) < 4.78 is 0. The van der Waals surface area contributed by atoms with Crippen molar-refractivity contribution in [2.45, 2.75) is 51.9 Å². The van der Waals surface area contributed by atoms with E-state index in [0.717, 1.165) is 49.1 Å². The third kappa shape index (κ3) is 2.02. The predicted molar refractivity (Wildman–Crippen MR) is 69.0 cm³/mol. The van der Waals surface area contributed by atoms with Crippen LogP contribution >= 0.6 is 0 Å². The normalized spacial score (nSPS) is 21.4. The van der Waals surface area contributed by atoms with Crippen LogP contribution in [0.5, 0.6) is 0 Å². The van der Waals surface area contributed by atoms with E-state index in [1.807, 2.05) is 6.07 Å². The largest absolute Gasteiger partial charge is 0.478 e. The van der Waals surface area contributed by atoms with Crippen LogP contribution in [0.2, 0.25) is 0 Å². The van der Waals surface area contributed by atoms with Crippen molar-refractivity contribution in [3.8, 4) is 0 Å². The summed E-state index contributed by atoms with van der Waals surface area (Å²) >= 11 is 0. The number of carboxylic acid groups (broad SMARTS) is 1. The van der Waals surface area contributed by atoms with E-state index in [-0.39, 0.29) is 5.41 Å². The Balaban J connectivity index is 2.07. The molecular formula is C15H19NO2. The van der Waals surface area contributed by atoms with Gasteiger partial charge in [-0.3, -0.25) is 4.98 Å². The number of hydrogen-bond donors (Lipinski definition) is 1. The molecule has 0 unspecified atom stereocenters. The summed E-state index contributed by atoms with van der Waals surface area (Å²) in [6.07, 6.45) is 5.27. The van der Waals surface area contributed by atoms with Crippen LogP contribution in [0.3, 0.4) is 0 Å². The molecular weight excluding hydrogens is 226 g/mol. The van der Waals surface area contributed by atoms with E-state index in [9.17, 15) is 9.90 Å². The van der Waals surface area contributed by atoms with Gasteiger partial charge in [-0.1, -0.05) is 13.8 Å². The molecule has 96 valence electrons. The number of pyridine rings is 1. The Labute approximate surface area is 107 Å². The van der Waals surface area contributed by atoms with Gasteiger partial charge in [0.15, 0.2) is 0 Å². The smallest absolute Gasteiger partial charge is 0.337 e. The number of aryl methyl sites for hydroxylation is 1. The molecule has 0 atom stereocenters. The van der Waals surface area contributed by atoms with Crippen LogP contribution in [0.25, 0.3) is 0 Å². The van der Waals surface area contributed by atoms with Crippen molar-refractivity contribution >= 4 is 5.97 Å². The fourth-order valence-corrected chi connectivity index (χ4v) is 2.88. The van der Waals surface area contributed by atoms with Gasteiger partial charge in [-0.2, -0.15) is 0 Å². The van der Waals surface area contributed by atoms with E-state index >= 15 is 0 Å². The lowest BCUT2D eigenvalue weighted by molar-refractivity contribution is 0.0694. The minimum atomic E-state index is -0.824. The molecule has 0 bridgehead atoms. The molecule has 1 aromatic heterocycles. The molecule has 1 aromatic rings. The monoisotopic (exact) mass is 245 g/mol. The van der Waals surface area contributed by atoms with E-state index in [1.165, 1.54) is 0 Å². The van der Waals surface area contributed by atoms with Gasteiger partial charge < -0.3 is 5.11 Å². The van der Waals surface area contributed by atoms with Crippen LogP contribution in [0.4, 0.5) is 0 Å². The fourth-order valence-electron chi connectivity index (χ4n) is 2.88. The summed E-state index contributed by atoms with van der Waals surface area (Å²) in [5.74, 6) is -0.424. The number of carboxylic acids is 1. The van der Waals surface area contributed by atoms with Crippen LogP contribution in [-0.4, -0.2) is 16.1 Å². The van der Waals surface area contributed by atoms with Crippen molar-refractivity contribution in [3.63, 3.8) is 0 Å². The van der Waals surface area contributed by atoms with Crippen molar-refractivity contribution in [1.82, 2.24) is 4.98 Å². The van der Waals surface area contributed by atoms with Gasteiger partial charge in [-0.15, -0.1) is 0 Å². The number of fused-ring (bicyclic) bond motifs is 1. The number of aromatic carboxylic acids is 1. The third-order valence-electron chi connectivity index (χ3n) is 4.12. The minimum absolute atomic E-state index is 0.269. The average Bonchev–Trinajstić information content (AvgIpc) is 3.10. The quantitative estimate of drug-likeness (QED) is 0.870. The number of rotatable bonds is 2. The molecule has 3 heteroatoms. The van der Waals surface area contributed by atoms with E-state index in [2.05, 4.69) is 18.8 Å². The second kappa shape index (κ2) is 3.81. The zero-order valence-corrected chi connectivity index (χ0v) is 11.0. The van der Waals surface area contributed by atoms with Crippen LogP contribution in [0.1, 0.15) is 66.3 Å². The SMILES string of the molecule is CC1(C)CCc2nc(C3CC3)c(C(=O)O)cc2C1. The summed E-state index contributed by atoms with van der Waals surface area (Å²) in [6, 6.07) is 1.89. The van der Waals surface area contributed by atoms with Gasteiger partial charge in [-0.05, 0) is 49.1 Å². The minimum Gasteiger partial charge on any atom is -0.478 e. The number of nitrogens with zero attached hydrogens (tertiary/aromatic N) is 1. The summed E-state index contributed by atoms with van der Waals surface area (Å²) in [5.41, 5.74) is 3.83. The Morgan fingerprint density at radius 2 is 2.17 bits per heavy atom. The van der Waals surface area contributed by atoms with Gasteiger partial charge >= 0.3 is 5.97 Å². The molecule has 0 radical (unpaired) electrons. The molecule has 0 aliphatic heterocycles. The second-order valence-electron chi connectivity index (χ2n) is 6.45. The molecule has 0 saturated heterocycles. The lowest BCUT2D eigenvalue weighted by Crippen LogP contribution is -2.24. The highest BCUT2D eigenvalue weighted by Crippen LogP contribution is 2.42. The molecule has 2 aliphatic rings. The summed E-state index contributed by atoms with van der Waals surface area (Å²) in [7, 11) is 0. The Kier molecular flexibility index (Phi) is 2.47. The van der Waals surface area contributed by atoms with Crippen LogP contribution in [0, 0.1) is 5.41 Å². The first-order chi connectivity index (χ1) is 8.46. The van der Waals surface area contributed by atoms with E-state index < -0.39 is 5.97 Å². The lowest BCUT2D eigenvalue weighted by atomic mass is 9.75. The first-order valence-corrected chi connectivity index (χ1v) is 6.72. The van der Waals surface area contributed by atoms with Gasteiger partial charge in [0.2, 0.25) is 0 Å². The van der Waals surface area contributed by atoms with Gasteiger partial charge in [0.05, 0.1) is 11.3 Å². The molecule has 2 aliphatic carbocycles. The van der Waals surface area contributed by atoms with E-state index in [4.69, 9.17) is 0 Å². The number of carbonyl (C=O) groups is 1. The summed E-state index contributed by atoms with van der Waals surface area (Å²) in [5, 5.41) is 9.33. The third-order valence-corrected chi connectivity index (χ3v) is 4.12. The molecule has 1 fully saturated rings. The van der Waals surface area contributed by atoms with Crippen LogP contribution in [0.15, 0.2) is 6.07 Å². The van der Waals surface area contributed by atoms with Gasteiger partial charge in [0.25, 0.3) is 0 Å². The Morgan fingerprint density at radius 1 is 1.44 bits per heavy atom. The first kappa shape index (κ1) is 11.7. The number of hydrogen-bond acceptors (Lipinski definition) is 2. The molecule has 0 spiro atoms. The van der Waals surface area contributed by atoms with Crippen molar-refractivity contribution in [2.24, 2.45) is 5.41 Å². The Hall–Kier alpha value is -1.38. The Bertz CT molecular complexity index is 515. The van der Waals surface area contributed by atoms with E-state index in [1.54, 1.807) is 0 Å². The lowest BCUT2D eigenvalue weighted by Gasteiger charge is -2.31. The molecule has 1 saturated carbocycles. The maximum Gasteiger partial charge on any atom is 0.337 e. The maximum atomic E-state index is 11.4. The molecule has 1 N–H and O–H groups in total. The van der Waals surface area contributed by atoms with Crippen molar-refractivity contribution in [1.29, 1.82) is 0 Å². The maximum absolute atomic E-state index is 11.4. The van der Waals surface area contributed by atoms with Gasteiger partial charge in [-0.25, -0.2) is 4.79 Å². The zero-order chi connectivity index (χ0) is 12.9. The van der Waals surface area contributed by atoms with Gasteiger partial charge in [0, 0.05) is 11.6 Å². The highest BCUT2D eigenvalue weighted by molar-refractivity contribution is 5.89. The van der Waals surface area contributed by atoms with Gasteiger partial charge in [0.1, 0.15) is 0 Å². The van der Waals surface area contributed by atoms with Crippen molar-refractivity contribution in [2.75, 3.05) is 0 Å². The Morgan fingerprint density at radius 3 is 2.78 bits per heavy atom. The molecule has 0 aromatic carbocycles. The highest BCUT2D eigenvalue weighted by atomic mass is 16.4. The molecule has 18 heavy (non-hydrogen) atoms. The second-order valence-corrected chi connectivity index (χ2v) is 6.45. The topological polar surface area (TPSA) is 50.2 Å². The average molecular weight is 245 g/mol. The van der Waals surface area contributed by atoms with Crippen LogP contribution < -0.4 is 0 Å². The first-order valence-electron chi connectivity index (χ1n) is 6.72. The summed E-state index contributed by atoms with van der Waals surface area (Å²) in [4.78, 5) is 16.0. The molecule has 3 nitrogen and oxygen atoms in total. The van der Waals surface area contributed by atoms with Crippen molar-refractivity contribution < 1.29 is 9.90 Å². The highest BCUT2D eigenvalue weighted by Gasteiger charge is 2.33. The van der Waals surface area contributed by atoms with Crippen molar-refractivity contribution in [3.05, 3.63) is 28.6 Å². The summed E-state index contributed by atoms with van der Waals surface area (Å²) in [6.45, 7) is 4.48.